The zero-order valence-electron chi connectivity index (χ0n) is 23.8. The second kappa shape index (κ2) is 11.8. The third kappa shape index (κ3) is 5.92. The Labute approximate surface area is 237 Å². The van der Waals surface area contributed by atoms with E-state index in [0.717, 1.165) is 59.3 Å². The van der Waals surface area contributed by atoms with Gasteiger partial charge in [0.2, 0.25) is 5.91 Å². The fraction of sp³-hybridized carbons (Fsp3) is 0.412. The number of ether oxygens (including phenoxy) is 1. The van der Waals surface area contributed by atoms with Crippen LogP contribution < -0.4 is 9.80 Å². The molecule has 0 unspecified atom stereocenters. The lowest BCUT2D eigenvalue weighted by molar-refractivity contribution is -0.163. The van der Waals surface area contributed by atoms with Gasteiger partial charge in [0.05, 0.1) is 25.2 Å². The summed E-state index contributed by atoms with van der Waals surface area (Å²) in [7, 11) is 5.44. The molecule has 0 aromatic heterocycles. The molecule has 0 bridgehead atoms. The lowest BCUT2D eigenvalue weighted by Gasteiger charge is -2.42. The Morgan fingerprint density at radius 2 is 1.48 bits per heavy atom. The van der Waals surface area contributed by atoms with Gasteiger partial charge in [0.15, 0.2) is 0 Å². The summed E-state index contributed by atoms with van der Waals surface area (Å²) in [5.41, 5.74) is 4.93. The van der Waals surface area contributed by atoms with E-state index in [1.807, 2.05) is 43.3 Å². The van der Waals surface area contributed by atoms with Crippen LogP contribution in [0.3, 0.4) is 0 Å². The predicted molar refractivity (Wildman–Crippen MR) is 159 cm³/mol. The normalized spacial score (nSPS) is 20.9. The number of aliphatic hydroxyl groups is 1. The van der Waals surface area contributed by atoms with Crippen LogP contribution in [0.1, 0.15) is 56.1 Å². The third-order valence-electron chi connectivity index (χ3n) is 8.63. The van der Waals surface area contributed by atoms with Crippen LogP contribution in [0.2, 0.25) is 0 Å². The summed E-state index contributed by atoms with van der Waals surface area (Å²) in [6.45, 7) is 0.460. The molecule has 6 nitrogen and oxygen atoms in total. The van der Waals surface area contributed by atoms with Gasteiger partial charge >= 0.3 is 5.97 Å². The smallest absolute Gasteiger partial charge is 0.308 e. The first-order valence-electron chi connectivity index (χ1n) is 14.4. The second-order valence-corrected chi connectivity index (χ2v) is 11.6. The summed E-state index contributed by atoms with van der Waals surface area (Å²) < 4.78 is 4.86. The molecular weight excluding hydrogens is 500 g/mol. The number of methoxy groups -OCH3 is 1. The molecule has 2 aliphatic carbocycles. The monoisotopic (exact) mass is 540 g/mol. The summed E-state index contributed by atoms with van der Waals surface area (Å²) in [6, 6.07) is 24.6. The maximum Gasteiger partial charge on any atom is 0.308 e. The molecule has 6 heteroatoms. The van der Waals surface area contributed by atoms with Crippen molar-refractivity contribution in [2.75, 3.05) is 31.0 Å². The quantitative estimate of drug-likeness (QED) is 0.340. The Bertz CT molecular complexity index is 1320. The first-order chi connectivity index (χ1) is 19.3. The van der Waals surface area contributed by atoms with Gasteiger partial charge in [0.1, 0.15) is 0 Å². The van der Waals surface area contributed by atoms with Gasteiger partial charge in [-0.1, -0.05) is 67.8 Å². The van der Waals surface area contributed by atoms with Crippen LogP contribution in [0.5, 0.6) is 0 Å². The first kappa shape index (κ1) is 27.9. The fourth-order valence-corrected chi connectivity index (χ4v) is 6.09. The van der Waals surface area contributed by atoms with E-state index >= 15 is 0 Å². The fourth-order valence-electron chi connectivity index (χ4n) is 6.09. The maximum absolute atomic E-state index is 13.9. The van der Waals surface area contributed by atoms with Crippen molar-refractivity contribution >= 4 is 23.3 Å². The van der Waals surface area contributed by atoms with Crippen LogP contribution in [0.25, 0.3) is 11.1 Å². The average Bonchev–Trinajstić information content (AvgIpc) is 2.98. The van der Waals surface area contributed by atoms with Crippen molar-refractivity contribution in [3.63, 3.8) is 0 Å². The minimum atomic E-state index is -1.09. The summed E-state index contributed by atoms with van der Waals surface area (Å²) in [5, 5.41) is 11.3. The van der Waals surface area contributed by atoms with Crippen molar-refractivity contribution in [3.8, 4) is 11.1 Å². The molecule has 2 fully saturated rings. The number of benzene rings is 3. The van der Waals surface area contributed by atoms with Crippen molar-refractivity contribution in [1.29, 1.82) is 0 Å². The minimum Gasteiger partial charge on any atom is -0.469 e. The molecule has 3 aromatic rings. The Morgan fingerprint density at radius 1 is 0.850 bits per heavy atom. The summed E-state index contributed by atoms with van der Waals surface area (Å²) in [5.74, 6) is -0.418. The summed E-state index contributed by atoms with van der Waals surface area (Å²) in [4.78, 5) is 29.8. The molecule has 2 saturated carbocycles. The molecule has 0 saturated heterocycles. The van der Waals surface area contributed by atoms with Gasteiger partial charge in [-0.15, -0.1) is 0 Å². The molecule has 3 aromatic carbocycles. The van der Waals surface area contributed by atoms with Crippen molar-refractivity contribution in [1.82, 2.24) is 0 Å². The molecule has 1 amide bonds. The van der Waals surface area contributed by atoms with E-state index in [1.165, 1.54) is 13.5 Å². The number of hydrogen-bond acceptors (Lipinski definition) is 5. The van der Waals surface area contributed by atoms with Crippen LogP contribution in [-0.2, 0) is 26.5 Å². The molecule has 0 heterocycles. The van der Waals surface area contributed by atoms with E-state index < -0.39 is 5.60 Å². The molecule has 0 spiro atoms. The van der Waals surface area contributed by atoms with Gasteiger partial charge in [-0.25, -0.2) is 0 Å². The van der Waals surface area contributed by atoms with Crippen LogP contribution in [0.4, 0.5) is 11.4 Å². The highest BCUT2D eigenvalue weighted by Crippen LogP contribution is 2.47. The number of anilines is 2. The lowest BCUT2D eigenvalue weighted by Crippen LogP contribution is -2.45. The molecular formula is C34H40N2O4. The van der Waals surface area contributed by atoms with Crippen LogP contribution in [-0.4, -0.2) is 38.2 Å². The van der Waals surface area contributed by atoms with Gasteiger partial charge < -0.3 is 19.6 Å². The van der Waals surface area contributed by atoms with E-state index in [-0.39, 0.29) is 23.7 Å². The highest BCUT2D eigenvalue weighted by molar-refractivity contribution is 5.95. The Balaban J connectivity index is 1.39. The Morgan fingerprint density at radius 3 is 2.08 bits per heavy atom. The number of hydrogen-bond donors (Lipinski definition) is 1. The summed E-state index contributed by atoms with van der Waals surface area (Å²) in [6.07, 6.45) is 5.85. The number of carbonyl (C=O) groups is 2. The first-order valence-corrected chi connectivity index (χ1v) is 14.4. The molecule has 0 aliphatic heterocycles. The van der Waals surface area contributed by atoms with Gasteiger partial charge in [0, 0.05) is 31.4 Å². The molecule has 5 rings (SSSR count). The van der Waals surface area contributed by atoms with E-state index in [9.17, 15) is 14.7 Å². The molecule has 40 heavy (non-hydrogen) atoms. The number of carbonyl (C=O) groups excluding carboxylic acids is 2. The standard InChI is InChI=1S/C34H40N2O4/c1-35(2)30-18-16-26(17-19-30)25-14-12-24(13-15-25)23-36(32(37)27-8-5-4-6-9-27)31-11-7-10-29(20-31)34(39)21-28(22-34)33(38)40-3/h7,10-20,27-28,39H,4-6,8-9,21-23H2,1-3H3. The molecule has 210 valence electrons. The van der Waals surface area contributed by atoms with Crippen molar-refractivity contribution < 1.29 is 19.4 Å². The third-order valence-corrected chi connectivity index (χ3v) is 8.63. The molecule has 2 aliphatic rings. The zero-order valence-corrected chi connectivity index (χ0v) is 23.8. The van der Waals surface area contributed by atoms with Crippen molar-refractivity contribution in [3.05, 3.63) is 83.9 Å². The van der Waals surface area contributed by atoms with Gasteiger partial charge in [-0.2, -0.15) is 0 Å². The lowest BCUT2D eigenvalue weighted by atomic mass is 9.67. The highest BCUT2D eigenvalue weighted by atomic mass is 16.5. The minimum absolute atomic E-state index is 0.0161. The van der Waals surface area contributed by atoms with Gasteiger partial charge in [-0.3, -0.25) is 9.59 Å². The van der Waals surface area contributed by atoms with E-state index in [2.05, 4.69) is 53.4 Å². The van der Waals surface area contributed by atoms with Gasteiger partial charge in [-0.05, 0) is 72.2 Å². The largest absolute Gasteiger partial charge is 0.469 e. The van der Waals surface area contributed by atoms with Crippen LogP contribution >= 0.6 is 0 Å². The predicted octanol–water partition coefficient (Wildman–Crippen LogP) is 6.30. The topological polar surface area (TPSA) is 70.1 Å². The number of esters is 1. The maximum atomic E-state index is 13.9. The number of rotatable bonds is 8. The SMILES string of the molecule is COC(=O)C1CC(O)(c2cccc(N(Cc3ccc(-c4ccc(N(C)C)cc4)cc3)C(=O)C3CCCCC3)c2)C1. The van der Waals surface area contributed by atoms with Crippen molar-refractivity contribution in [2.45, 2.75) is 57.1 Å². The van der Waals surface area contributed by atoms with E-state index in [4.69, 9.17) is 4.74 Å². The highest BCUT2D eigenvalue weighted by Gasteiger charge is 2.48. The average molecular weight is 541 g/mol. The van der Waals surface area contributed by atoms with E-state index in [1.54, 1.807) is 0 Å². The molecule has 1 N–H and O–H groups in total. The Hall–Kier alpha value is -3.64. The Kier molecular flexibility index (Phi) is 8.27. The zero-order chi connectivity index (χ0) is 28.3. The van der Waals surface area contributed by atoms with Crippen LogP contribution in [0, 0.1) is 11.8 Å². The van der Waals surface area contributed by atoms with Crippen LogP contribution in [0.15, 0.2) is 72.8 Å². The number of amides is 1. The number of nitrogens with zero attached hydrogens (tertiary/aromatic N) is 2. The van der Waals surface area contributed by atoms with Crippen molar-refractivity contribution in [2.24, 2.45) is 11.8 Å². The second-order valence-electron chi connectivity index (χ2n) is 11.6. The van der Waals surface area contributed by atoms with Gasteiger partial charge in [0.25, 0.3) is 0 Å². The van der Waals surface area contributed by atoms with E-state index in [0.29, 0.717) is 19.4 Å². The molecule has 0 atom stereocenters. The summed E-state index contributed by atoms with van der Waals surface area (Å²) >= 11 is 0. The molecule has 0 radical (unpaired) electrons.